The highest BCUT2D eigenvalue weighted by atomic mass is 31.2. The van der Waals surface area contributed by atoms with Gasteiger partial charge in [-0.3, -0.25) is 18.9 Å². The summed E-state index contributed by atoms with van der Waals surface area (Å²) in [6.07, 6.45) is 22.5. The minimum Gasteiger partial charge on any atom is -0.457 e. The van der Waals surface area contributed by atoms with Gasteiger partial charge in [0.25, 0.3) is 5.56 Å². The van der Waals surface area contributed by atoms with Crippen LogP contribution in [0.4, 0.5) is 0 Å². The summed E-state index contributed by atoms with van der Waals surface area (Å²) < 4.78 is 43.8. The zero-order valence-electron chi connectivity index (χ0n) is 43.3. The van der Waals surface area contributed by atoms with Crippen LogP contribution in [0.15, 0.2) is 41.2 Å². The molecule has 70 heavy (non-hydrogen) atoms. The first-order valence-electron chi connectivity index (χ1n) is 26.8. The van der Waals surface area contributed by atoms with Crippen molar-refractivity contribution in [2.24, 2.45) is 0 Å². The molecule has 14 nitrogen and oxygen atoms in total. The van der Waals surface area contributed by atoms with Crippen LogP contribution in [-0.2, 0) is 61.2 Å². The number of benzene rings is 1. The van der Waals surface area contributed by atoms with Gasteiger partial charge in [0, 0.05) is 42.4 Å². The molecule has 0 fully saturated rings. The van der Waals surface area contributed by atoms with E-state index in [0.717, 1.165) is 55.1 Å². The van der Waals surface area contributed by atoms with E-state index in [0.29, 0.717) is 65.8 Å². The van der Waals surface area contributed by atoms with Gasteiger partial charge in [0.1, 0.15) is 12.7 Å². The number of hydrogen-bond acceptors (Lipinski definition) is 11. The van der Waals surface area contributed by atoms with Crippen molar-refractivity contribution in [3.63, 3.8) is 0 Å². The molecule has 0 spiro atoms. The Morgan fingerprint density at radius 3 is 2.03 bits per heavy atom. The fourth-order valence-electron chi connectivity index (χ4n) is 9.56. The van der Waals surface area contributed by atoms with Gasteiger partial charge >= 0.3 is 25.5 Å². The third kappa shape index (κ3) is 18.0. The molecule has 0 saturated carbocycles. The molecule has 0 amide bonds. The van der Waals surface area contributed by atoms with Crippen molar-refractivity contribution in [2.75, 3.05) is 53.7 Å². The lowest BCUT2D eigenvalue weighted by atomic mass is 9.85. The largest absolute Gasteiger partial charge is 0.457 e. The van der Waals surface area contributed by atoms with Crippen LogP contribution in [0.2, 0.25) is 0 Å². The minimum absolute atomic E-state index is 0.0231. The van der Waals surface area contributed by atoms with Crippen molar-refractivity contribution in [3.05, 3.63) is 63.4 Å². The van der Waals surface area contributed by atoms with E-state index in [9.17, 15) is 28.6 Å². The Labute approximate surface area is 417 Å². The molecule has 1 unspecified atom stereocenters. The number of esters is 3. The van der Waals surface area contributed by atoms with Gasteiger partial charge in [-0.2, -0.15) is 0 Å². The predicted molar refractivity (Wildman–Crippen MR) is 275 cm³/mol. The smallest absolute Gasteiger partial charge is 0.355 e. The Bertz CT molecular complexity index is 2240. The molecule has 1 N–H and O–H groups in total. The van der Waals surface area contributed by atoms with Crippen molar-refractivity contribution in [2.45, 2.75) is 193 Å². The SMILES string of the molecule is CCCCCCCCCCCCCCCCCOC[C@H](COP(=O)(O)CCC[N+](C)(C)C)OC(=O)CCCCCCCC(=O)O[C@]1(CC)C(=O)OCc2c1cc1n(c2=O)Cc2cc3ccccc3nc2-1. The Morgan fingerprint density at radius 2 is 1.40 bits per heavy atom. The number of carbonyl (C=O) groups is 3. The van der Waals surface area contributed by atoms with Gasteiger partial charge in [-0.15, -0.1) is 0 Å². The molecule has 1 aromatic carbocycles. The minimum atomic E-state index is -3.88. The number of fused-ring (bicyclic) bond motifs is 5. The number of quaternary nitrogens is 1. The van der Waals surface area contributed by atoms with E-state index in [1.807, 2.05) is 51.5 Å². The highest BCUT2D eigenvalue weighted by molar-refractivity contribution is 7.52. The lowest BCUT2D eigenvalue weighted by Crippen LogP contribution is -2.47. The average molecular weight is 995 g/mol. The molecule has 0 saturated heterocycles. The van der Waals surface area contributed by atoms with Crippen LogP contribution < -0.4 is 5.56 Å². The molecule has 0 radical (unpaired) electrons. The number of para-hydroxylation sites is 1. The van der Waals surface area contributed by atoms with Crippen molar-refractivity contribution >= 4 is 36.4 Å². The van der Waals surface area contributed by atoms with Gasteiger partial charge in [-0.25, -0.2) is 9.78 Å². The van der Waals surface area contributed by atoms with E-state index in [1.54, 1.807) is 17.6 Å². The van der Waals surface area contributed by atoms with Gasteiger partial charge in [-0.05, 0) is 43.9 Å². The Morgan fingerprint density at radius 1 is 0.800 bits per heavy atom. The summed E-state index contributed by atoms with van der Waals surface area (Å²) in [4.78, 5) is 69.1. The number of hydrogen-bond donors (Lipinski definition) is 1. The van der Waals surface area contributed by atoms with Gasteiger partial charge in [-0.1, -0.05) is 141 Å². The Hall–Kier alpha value is -3.94. The van der Waals surface area contributed by atoms with Crippen molar-refractivity contribution in [1.29, 1.82) is 0 Å². The summed E-state index contributed by atoms with van der Waals surface area (Å²) in [5.74, 6) is -1.68. The van der Waals surface area contributed by atoms with Crippen molar-refractivity contribution in [3.8, 4) is 11.4 Å². The second-order valence-corrected chi connectivity index (χ2v) is 22.6. The topological polar surface area (TPSA) is 170 Å². The van der Waals surface area contributed by atoms with Crippen LogP contribution in [0, 0.1) is 0 Å². The van der Waals surface area contributed by atoms with Crippen LogP contribution in [0.25, 0.3) is 22.3 Å². The molecule has 3 aromatic rings. The third-order valence-corrected chi connectivity index (χ3v) is 15.1. The molecule has 5 rings (SSSR count). The van der Waals surface area contributed by atoms with Gasteiger partial charge < -0.3 is 37.4 Å². The second kappa shape index (κ2) is 28.9. The van der Waals surface area contributed by atoms with Crippen molar-refractivity contribution in [1.82, 2.24) is 9.55 Å². The fourth-order valence-corrected chi connectivity index (χ4v) is 10.6. The second-order valence-electron chi connectivity index (χ2n) is 20.7. The van der Waals surface area contributed by atoms with Gasteiger partial charge in [0.05, 0.1) is 76.1 Å². The normalized spacial score (nSPS) is 16.6. The molecule has 390 valence electrons. The van der Waals surface area contributed by atoms with Crippen LogP contribution in [0.3, 0.4) is 0 Å². The first-order chi connectivity index (χ1) is 33.7. The molecular formula is C55H85N3O11P+. The van der Waals surface area contributed by atoms with E-state index in [4.69, 9.17) is 28.5 Å². The molecule has 15 heteroatoms. The average Bonchev–Trinajstić information content (AvgIpc) is 3.68. The van der Waals surface area contributed by atoms with Crippen LogP contribution >= 0.6 is 7.60 Å². The standard InChI is InChI=1S/C55H84N3O11P/c1-6-8-9-10-11-12-13-14-15-16-17-18-19-23-28-35-65-40-45(41-67-70(63,64)36-29-34-58(3,4)5)68-50(59)32-24-21-20-22-25-33-51(60)69-55(7-2)47-38-49-52-44(37-43-30-26-27-31-48(43)56-52)39-57(49)53(61)46(47)42-66-54(55)62/h26-27,30-31,37-38,45H,6-25,28-29,32-36,39-42H2,1-5H3/p+1/t45-,55+/m1/s1. The van der Waals surface area contributed by atoms with E-state index in [1.165, 1.54) is 77.0 Å². The van der Waals surface area contributed by atoms with Crippen LogP contribution in [-0.4, -0.2) is 96.6 Å². The third-order valence-electron chi connectivity index (χ3n) is 13.7. The number of ether oxygens (including phenoxy) is 4. The summed E-state index contributed by atoms with van der Waals surface area (Å²) in [5, 5.41) is 0.969. The van der Waals surface area contributed by atoms with Crippen LogP contribution in [0.5, 0.6) is 0 Å². The van der Waals surface area contributed by atoms with Crippen LogP contribution in [0.1, 0.15) is 185 Å². The first kappa shape index (κ1) is 57.0. The van der Waals surface area contributed by atoms with E-state index in [2.05, 4.69) is 6.92 Å². The molecule has 0 bridgehead atoms. The number of carbonyl (C=O) groups excluding carboxylic acids is 3. The molecular weight excluding hydrogens is 910 g/mol. The number of cyclic esters (lactones) is 1. The first-order valence-corrected chi connectivity index (χ1v) is 28.5. The lowest BCUT2D eigenvalue weighted by molar-refractivity contribution is -0.870. The quantitative estimate of drug-likeness (QED) is 0.0151. The summed E-state index contributed by atoms with van der Waals surface area (Å²) in [6.45, 7) is 5.26. The lowest BCUT2D eigenvalue weighted by Gasteiger charge is -2.35. The fraction of sp³-hybridized carbons (Fsp3) is 0.691. The number of unbranched alkanes of at least 4 members (excludes halogenated alkanes) is 18. The maximum atomic E-state index is 13.9. The monoisotopic (exact) mass is 995 g/mol. The zero-order valence-corrected chi connectivity index (χ0v) is 44.2. The van der Waals surface area contributed by atoms with Gasteiger partial charge in [0.15, 0.2) is 0 Å². The maximum absolute atomic E-state index is 13.9. The zero-order chi connectivity index (χ0) is 50.4. The van der Waals surface area contributed by atoms with E-state index < -0.39 is 37.2 Å². The molecule has 4 heterocycles. The number of rotatable bonds is 36. The molecule has 3 atom stereocenters. The highest BCUT2D eigenvalue weighted by Gasteiger charge is 2.50. The van der Waals surface area contributed by atoms with E-state index >= 15 is 0 Å². The Kier molecular flexibility index (Phi) is 23.5. The summed E-state index contributed by atoms with van der Waals surface area (Å²) in [7, 11) is 2.20. The molecule has 2 aliphatic rings. The predicted octanol–water partition coefficient (Wildman–Crippen LogP) is 11.5. The summed E-state index contributed by atoms with van der Waals surface area (Å²) in [5.41, 5.74) is 1.55. The molecule has 0 aliphatic carbocycles. The summed E-state index contributed by atoms with van der Waals surface area (Å²) >= 11 is 0. The molecule has 2 aromatic heterocycles. The van der Waals surface area contributed by atoms with Crippen molar-refractivity contribution < 1.29 is 51.8 Å². The number of aromatic nitrogens is 2. The Balaban J connectivity index is 1.01. The summed E-state index contributed by atoms with van der Waals surface area (Å²) in [6, 6.07) is 11.6. The van der Waals surface area contributed by atoms with Gasteiger partial charge in [0.2, 0.25) is 5.60 Å². The molecule has 2 aliphatic heterocycles. The highest BCUT2D eigenvalue weighted by Crippen LogP contribution is 2.43. The number of nitrogens with zero attached hydrogens (tertiary/aromatic N) is 3. The maximum Gasteiger partial charge on any atom is 0.355 e. The number of pyridine rings is 2. The van der Waals surface area contributed by atoms with E-state index in [-0.39, 0.29) is 50.8 Å².